The van der Waals surface area contributed by atoms with Crippen LogP contribution in [0, 0.1) is 0 Å². The van der Waals surface area contributed by atoms with Gasteiger partial charge in [0.05, 0.1) is 29.4 Å². The van der Waals surface area contributed by atoms with Crippen molar-refractivity contribution in [3.63, 3.8) is 0 Å². The minimum absolute atomic E-state index is 0.0897. The largest absolute Gasteiger partial charge is 0.383 e. The van der Waals surface area contributed by atoms with E-state index < -0.39 is 0 Å². The van der Waals surface area contributed by atoms with Crippen molar-refractivity contribution in [1.82, 2.24) is 14.7 Å². The fourth-order valence-electron chi connectivity index (χ4n) is 3.49. The summed E-state index contributed by atoms with van der Waals surface area (Å²) >= 11 is 8.63. The lowest BCUT2D eigenvalue weighted by molar-refractivity contribution is -0.122. The molecule has 1 aromatic heterocycles. The van der Waals surface area contributed by atoms with Crippen LogP contribution in [0.4, 0.5) is 0 Å². The van der Waals surface area contributed by atoms with E-state index in [0.717, 1.165) is 28.3 Å². The molecule has 0 bridgehead atoms. The molecule has 0 radical (unpaired) electrons. The highest BCUT2D eigenvalue weighted by Crippen LogP contribution is 2.35. The van der Waals surface area contributed by atoms with E-state index >= 15 is 0 Å². The Hall–Kier alpha value is -2.39. The number of methoxy groups -OCH3 is 1. The van der Waals surface area contributed by atoms with Crippen molar-refractivity contribution in [2.75, 3.05) is 26.0 Å². The second-order valence-electron chi connectivity index (χ2n) is 7.77. The Balaban J connectivity index is 1.68. The number of aromatic nitrogens is 2. The van der Waals surface area contributed by atoms with Crippen molar-refractivity contribution < 1.29 is 9.53 Å². The molecule has 0 atom stereocenters. The van der Waals surface area contributed by atoms with Crippen LogP contribution in [-0.4, -0.2) is 50.9 Å². The number of thiocarbonyl (C=S) groups is 1. The average Bonchev–Trinajstić information content (AvgIpc) is 3.39. The lowest BCUT2D eigenvalue weighted by Gasteiger charge is -2.12. The standard InChI is InChI=1S/C26H27N3O2S3/c1-3-4-16-33-22-12-10-19(11-13-22)24-20(18-29(27-24)21-8-6-5-7-9-21)17-23-25(30)28(14-15-31-2)26(32)34-23/h5-13,17-18H,3-4,14-16H2,1-2H3/b23-17-. The quantitative estimate of drug-likeness (QED) is 0.139. The van der Waals surface area contributed by atoms with Crippen molar-refractivity contribution in [1.29, 1.82) is 0 Å². The minimum atomic E-state index is -0.0897. The summed E-state index contributed by atoms with van der Waals surface area (Å²) in [6.07, 6.45) is 6.28. The topological polar surface area (TPSA) is 47.4 Å². The highest BCUT2D eigenvalue weighted by Gasteiger charge is 2.32. The number of ether oxygens (including phenoxy) is 1. The molecular weight excluding hydrogens is 483 g/mol. The van der Waals surface area contributed by atoms with Gasteiger partial charge in [0.25, 0.3) is 5.91 Å². The van der Waals surface area contributed by atoms with Gasteiger partial charge in [-0.1, -0.05) is 67.7 Å². The highest BCUT2D eigenvalue weighted by atomic mass is 32.2. The maximum absolute atomic E-state index is 13.0. The van der Waals surface area contributed by atoms with Crippen LogP contribution in [0.2, 0.25) is 0 Å². The molecule has 0 saturated carbocycles. The summed E-state index contributed by atoms with van der Waals surface area (Å²) in [6, 6.07) is 18.5. The van der Waals surface area contributed by atoms with E-state index in [2.05, 4.69) is 31.2 Å². The number of para-hydroxylation sites is 1. The fraction of sp³-hybridized carbons (Fsp3) is 0.269. The van der Waals surface area contributed by atoms with Gasteiger partial charge in [0.1, 0.15) is 4.32 Å². The smallest absolute Gasteiger partial charge is 0.266 e. The Bertz CT molecular complexity index is 1170. The molecule has 4 rings (SSSR count). The molecule has 5 nitrogen and oxygen atoms in total. The molecule has 0 unspecified atom stereocenters. The van der Waals surface area contributed by atoms with Crippen LogP contribution in [0.3, 0.4) is 0 Å². The Kier molecular flexibility index (Phi) is 8.61. The Labute approximate surface area is 214 Å². The van der Waals surface area contributed by atoms with Crippen molar-refractivity contribution in [2.24, 2.45) is 0 Å². The normalized spacial score (nSPS) is 15.0. The number of amides is 1. The van der Waals surface area contributed by atoms with Crippen molar-refractivity contribution >= 4 is 52.0 Å². The van der Waals surface area contributed by atoms with Gasteiger partial charge in [-0.15, -0.1) is 11.8 Å². The van der Waals surface area contributed by atoms with Crippen molar-refractivity contribution in [2.45, 2.75) is 24.7 Å². The molecule has 1 amide bonds. The molecule has 0 N–H and O–H groups in total. The van der Waals surface area contributed by atoms with Crippen LogP contribution in [0.25, 0.3) is 23.0 Å². The van der Waals surface area contributed by atoms with Crippen LogP contribution in [0.5, 0.6) is 0 Å². The number of benzene rings is 2. The second-order valence-corrected chi connectivity index (χ2v) is 10.6. The molecule has 8 heteroatoms. The van der Waals surface area contributed by atoms with Crippen LogP contribution in [0.15, 0.2) is 70.6 Å². The summed E-state index contributed by atoms with van der Waals surface area (Å²) in [7, 11) is 1.62. The molecule has 0 aliphatic carbocycles. The Morgan fingerprint density at radius 3 is 2.62 bits per heavy atom. The van der Waals surface area contributed by atoms with E-state index in [1.165, 1.54) is 29.5 Å². The summed E-state index contributed by atoms with van der Waals surface area (Å²) in [5.41, 5.74) is 3.68. The van der Waals surface area contributed by atoms with Gasteiger partial charge in [0, 0.05) is 29.3 Å². The number of hydrogen-bond donors (Lipinski definition) is 0. The van der Waals surface area contributed by atoms with Gasteiger partial charge in [0.15, 0.2) is 0 Å². The number of carbonyl (C=O) groups excluding carboxylic acids is 1. The number of hydrogen-bond acceptors (Lipinski definition) is 6. The first-order chi connectivity index (χ1) is 16.6. The molecule has 1 fully saturated rings. The maximum Gasteiger partial charge on any atom is 0.266 e. The summed E-state index contributed by atoms with van der Waals surface area (Å²) < 4.78 is 7.54. The first-order valence-corrected chi connectivity index (χ1v) is 13.4. The molecule has 1 aliphatic heterocycles. The molecule has 0 spiro atoms. The number of nitrogens with zero attached hydrogens (tertiary/aromatic N) is 3. The monoisotopic (exact) mass is 509 g/mol. The van der Waals surface area contributed by atoms with Crippen LogP contribution >= 0.6 is 35.7 Å². The van der Waals surface area contributed by atoms with Gasteiger partial charge in [-0.05, 0) is 42.5 Å². The van der Waals surface area contributed by atoms with E-state index in [0.29, 0.717) is 22.4 Å². The summed E-state index contributed by atoms with van der Waals surface area (Å²) in [5.74, 6) is 1.03. The molecule has 176 valence electrons. The second kappa shape index (κ2) is 11.8. The van der Waals surface area contributed by atoms with Gasteiger partial charge in [-0.3, -0.25) is 9.69 Å². The van der Waals surface area contributed by atoms with E-state index in [1.807, 2.05) is 59.0 Å². The maximum atomic E-state index is 13.0. The number of thioether (sulfide) groups is 2. The molecule has 34 heavy (non-hydrogen) atoms. The lowest BCUT2D eigenvalue weighted by Crippen LogP contribution is -2.31. The zero-order valence-corrected chi connectivity index (χ0v) is 21.7. The van der Waals surface area contributed by atoms with Gasteiger partial charge >= 0.3 is 0 Å². The third kappa shape index (κ3) is 5.81. The Morgan fingerprint density at radius 1 is 1.15 bits per heavy atom. The molecule has 1 saturated heterocycles. The predicted octanol–water partition coefficient (Wildman–Crippen LogP) is 6.28. The number of rotatable bonds is 10. The lowest BCUT2D eigenvalue weighted by atomic mass is 10.1. The average molecular weight is 510 g/mol. The van der Waals surface area contributed by atoms with Crippen LogP contribution in [0.1, 0.15) is 25.3 Å². The third-order valence-corrected chi connectivity index (χ3v) is 7.81. The third-order valence-electron chi connectivity index (χ3n) is 5.34. The van der Waals surface area contributed by atoms with Gasteiger partial charge in [0.2, 0.25) is 0 Å². The molecule has 2 aromatic carbocycles. The zero-order valence-electron chi connectivity index (χ0n) is 19.3. The molecule has 2 heterocycles. The van der Waals surface area contributed by atoms with E-state index in [1.54, 1.807) is 12.0 Å². The first kappa shape index (κ1) is 24.7. The molecule has 3 aromatic rings. The van der Waals surface area contributed by atoms with E-state index in [4.69, 9.17) is 22.1 Å². The summed E-state index contributed by atoms with van der Waals surface area (Å²) in [4.78, 5) is 16.4. The highest BCUT2D eigenvalue weighted by molar-refractivity contribution is 8.26. The van der Waals surface area contributed by atoms with Gasteiger partial charge in [-0.25, -0.2) is 4.68 Å². The fourth-order valence-corrected chi connectivity index (χ4v) is 5.79. The SMILES string of the molecule is CCCCSc1ccc(-c2nn(-c3ccccc3)cc2/C=C2\SC(=S)N(CCOC)C2=O)cc1. The van der Waals surface area contributed by atoms with Crippen molar-refractivity contribution in [3.05, 3.63) is 71.3 Å². The predicted molar refractivity (Wildman–Crippen MR) is 146 cm³/mol. The summed E-state index contributed by atoms with van der Waals surface area (Å²) in [6.45, 7) is 3.10. The van der Waals surface area contributed by atoms with E-state index in [-0.39, 0.29) is 5.91 Å². The number of unbranched alkanes of at least 4 members (excludes halogenated alkanes) is 1. The summed E-state index contributed by atoms with van der Waals surface area (Å²) in [5, 5.41) is 4.89. The van der Waals surface area contributed by atoms with Crippen LogP contribution < -0.4 is 0 Å². The molecular formula is C26H27N3O2S3. The first-order valence-electron chi connectivity index (χ1n) is 11.2. The van der Waals surface area contributed by atoms with Crippen LogP contribution in [-0.2, 0) is 9.53 Å². The Morgan fingerprint density at radius 2 is 1.91 bits per heavy atom. The van der Waals surface area contributed by atoms with Gasteiger partial charge < -0.3 is 4.74 Å². The zero-order chi connectivity index (χ0) is 23.9. The molecule has 1 aliphatic rings. The van der Waals surface area contributed by atoms with Gasteiger partial charge in [-0.2, -0.15) is 5.10 Å². The minimum Gasteiger partial charge on any atom is -0.383 e. The number of carbonyl (C=O) groups is 1. The van der Waals surface area contributed by atoms with Crippen molar-refractivity contribution in [3.8, 4) is 16.9 Å². The van der Waals surface area contributed by atoms with E-state index in [9.17, 15) is 4.79 Å².